The third-order valence-electron chi connectivity index (χ3n) is 4.08. The number of aryl methyl sites for hydroxylation is 1. The van der Waals surface area contributed by atoms with Gasteiger partial charge in [0, 0.05) is 18.0 Å². The molecule has 0 bridgehead atoms. The minimum absolute atomic E-state index is 0.291. The predicted molar refractivity (Wildman–Crippen MR) is 99.7 cm³/mol. The Bertz CT molecular complexity index is 659. The number of nitrogens with zero attached hydrogens (tertiary/aromatic N) is 3. The lowest BCUT2D eigenvalue weighted by atomic mass is 10.0. The third kappa shape index (κ3) is 5.23. The number of rotatable bonds is 10. The van der Waals surface area contributed by atoms with Crippen molar-refractivity contribution in [3.05, 3.63) is 17.6 Å². The minimum Gasteiger partial charge on any atom is -0.463 e. The van der Waals surface area contributed by atoms with E-state index in [4.69, 9.17) is 4.74 Å². The van der Waals surface area contributed by atoms with Gasteiger partial charge in [-0.25, -0.2) is 9.59 Å². The summed E-state index contributed by atoms with van der Waals surface area (Å²) in [6.45, 7) is 7.00. The fraction of sp³-hybridized carbons (Fsp3) is 0.647. The van der Waals surface area contributed by atoms with Crippen molar-refractivity contribution in [1.82, 2.24) is 25.4 Å². The molecule has 0 unspecified atom stereocenters. The summed E-state index contributed by atoms with van der Waals surface area (Å²) in [5, 5.41) is 14.4. The Balaban J connectivity index is 2.14. The molecule has 1 aliphatic heterocycles. The maximum Gasteiger partial charge on any atom is 0.337 e. The number of hydrogen-bond donors (Lipinski definition) is 2. The largest absolute Gasteiger partial charge is 0.463 e. The molecule has 8 nitrogen and oxygen atoms in total. The first kappa shape index (κ1) is 20.3. The van der Waals surface area contributed by atoms with Crippen molar-refractivity contribution in [1.29, 1.82) is 0 Å². The molecule has 0 spiro atoms. The van der Waals surface area contributed by atoms with Crippen LogP contribution >= 0.6 is 11.8 Å². The van der Waals surface area contributed by atoms with E-state index < -0.39 is 5.97 Å². The lowest BCUT2D eigenvalue weighted by Gasteiger charge is -2.28. The van der Waals surface area contributed by atoms with Crippen molar-refractivity contribution in [2.75, 3.05) is 12.4 Å². The molecule has 1 aromatic heterocycles. The Morgan fingerprint density at radius 2 is 2.15 bits per heavy atom. The Labute approximate surface area is 158 Å². The van der Waals surface area contributed by atoms with Crippen LogP contribution in [0.2, 0.25) is 0 Å². The second-order valence-corrected chi connectivity index (χ2v) is 6.92. The number of amides is 2. The number of carbonyl (C=O) groups is 2. The van der Waals surface area contributed by atoms with Gasteiger partial charge < -0.3 is 19.9 Å². The van der Waals surface area contributed by atoms with Crippen LogP contribution in [-0.4, -0.2) is 45.2 Å². The summed E-state index contributed by atoms with van der Waals surface area (Å²) >= 11 is 1.45. The maximum atomic E-state index is 12.4. The summed E-state index contributed by atoms with van der Waals surface area (Å²) in [5.74, 6) is 0.0247. The molecule has 0 aliphatic carbocycles. The molecule has 2 heterocycles. The van der Waals surface area contributed by atoms with Crippen LogP contribution < -0.4 is 10.6 Å². The second-order valence-electron chi connectivity index (χ2n) is 5.97. The molecule has 9 heteroatoms. The molecule has 2 rings (SSSR count). The van der Waals surface area contributed by atoms with Crippen molar-refractivity contribution in [3.63, 3.8) is 0 Å². The van der Waals surface area contributed by atoms with Gasteiger partial charge in [0.15, 0.2) is 5.16 Å². The zero-order valence-electron chi connectivity index (χ0n) is 15.6. The van der Waals surface area contributed by atoms with Crippen LogP contribution in [0, 0.1) is 0 Å². The molecule has 0 saturated carbocycles. The van der Waals surface area contributed by atoms with Gasteiger partial charge in [0.25, 0.3) is 0 Å². The molecule has 1 aromatic rings. The summed E-state index contributed by atoms with van der Waals surface area (Å²) in [7, 11) is 0. The highest BCUT2D eigenvalue weighted by atomic mass is 32.2. The van der Waals surface area contributed by atoms with Gasteiger partial charge in [0.1, 0.15) is 6.33 Å². The topological polar surface area (TPSA) is 98.1 Å². The molecule has 0 aromatic carbocycles. The number of carbonyl (C=O) groups excluding carboxylic acids is 2. The van der Waals surface area contributed by atoms with Gasteiger partial charge in [-0.3, -0.25) is 0 Å². The highest BCUT2D eigenvalue weighted by Crippen LogP contribution is 2.24. The summed E-state index contributed by atoms with van der Waals surface area (Å²) in [4.78, 5) is 24.3. The smallest absolute Gasteiger partial charge is 0.337 e. The fourth-order valence-electron chi connectivity index (χ4n) is 2.75. The second kappa shape index (κ2) is 10.2. The summed E-state index contributed by atoms with van der Waals surface area (Å²) in [6.07, 6.45) is 5.70. The van der Waals surface area contributed by atoms with Crippen LogP contribution in [0.1, 0.15) is 46.5 Å². The van der Waals surface area contributed by atoms with Crippen molar-refractivity contribution in [3.8, 4) is 0 Å². The first-order chi connectivity index (χ1) is 12.6. The molecule has 0 radical (unpaired) electrons. The third-order valence-corrected chi connectivity index (χ3v) is 5.08. The Morgan fingerprint density at radius 1 is 1.35 bits per heavy atom. The van der Waals surface area contributed by atoms with E-state index in [1.807, 2.05) is 11.5 Å². The molecule has 1 atom stereocenters. The summed E-state index contributed by atoms with van der Waals surface area (Å²) < 4.78 is 7.18. The Kier molecular flexibility index (Phi) is 7.96. The van der Waals surface area contributed by atoms with Crippen LogP contribution in [0.4, 0.5) is 4.79 Å². The van der Waals surface area contributed by atoms with Crippen molar-refractivity contribution in [2.24, 2.45) is 0 Å². The van der Waals surface area contributed by atoms with Crippen LogP contribution in [0.3, 0.4) is 0 Å². The highest BCUT2D eigenvalue weighted by molar-refractivity contribution is 7.99. The lowest BCUT2D eigenvalue weighted by molar-refractivity contribution is -0.139. The molecule has 1 aliphatic rings. The van der Waals surface area contributed by atoms with Crippen LogP contribution in [0.25, 0.3) is 0 Å². The normalized spacial score (nSPS) is 17.0. The zero-order valence-corrected chi connectivity index (χ0v) is 16.4. The van der Waals surface area contributed by atoms with E-state index in [1.165, 1.54) is 11.8 Å². The van der Waals surface area contributed by atoms with Crippen molar-refractivity contribution >= 4 is 23.8 Å². The molecular weight excluding hydrogens is 354 g/mol. The fourth-order valence-corrected chi connectivity index (χ4v) is 3.66. The van der Waals surface area contributed by atoms with E-state index in [1.54, 1.807) is 13.3 Å². The van der Waals surface area contributed by atoms with Gasteiger partial charge in [0.2, 0.25) is 0 Å². The first-order valence-corrected chi connectivity index (χ1v) is 10.1. The van der Waals surface area contributed by atoms with E-state index in [9.17, 15) is 9.59 Å². The van der Waals surface area contributed by atoms with Crippen LogP contribution in [-0.2, 0) is 16.1 Å². The van der Waals surface area contributed by atoms with Crippen molar-refractivity contribution < 1.29 is 14.3 Å². The van der Waals surface area contributed by atoms with Crippen molar-refractivity contribution in [2.45, 2.75) is 64.2 Å². The Morgan fingerprint density at radius 3 is 2.85 bits per heavy atom. The van der Waals surface area contributed by atoms with E-state index in [0.717, 1.165) is 31.0 Å². The van der Waals surface area contributed by atoms with Gasteiger partial charge in [-0.1, -0.05) is 38.5 Å². The van der Waals surface area contributed by atoms with Gasteiger partial charge in [-0.05, 0) is 19.8 Å². The molecule has 2 amide bonds. The van der Waals surface area contributed by atoms with E-state index in [0.29, 0.717) is 30.1 Å². The molecule has 26 heavy (non-hydrogen) atoms. The summed E-state index contributed by atoms with van der Waals surface area (Å²) in [6, 6.07) is -0.647. The number of hydrogen-bond acceptors (Lipinski definition) is 6. The van der Waals surface area contributed by atoms with E-state index in [2.05, 4.69) is 27.8 Å². The quantitative estimate of drug-likeness (QED) is 0.367. The number of esters is 1. The summed E-state index contributed by atoms with van der Waals surface area (Å²) in [5.41, 5.74) is 1.06. The molecule has 144 valence electrons. The number of thioether (sulfide) groups is 1. The SMILES string of the molecule is CCCCCn1cnnc1SCC1=C(C(=O)OCC)[C@H](CC)NC(=O)N1. The minimum atomic E-state index is -0.396. The Hall–Kier alpha value is -2.03. The maximum absolute atomic E-state index is 12.4. The number of unbranched alkanes of at least 4 members (excludes halogenated alkanes) is 2. The van der Waals surface area contributed by atoms with Gasteiger partial charge >= 0.3 is 12.0 Å². The molecule has 0 fully saturated rings. The van der Waals surface area contributed by atoms with E-state index >= 15 is 0 Å². The average molecular weight is 382 g/mol. The first-order valence-electron chi connectivity index (χ1n) is 9.08. The highest BCUT2D eigenvalue weighted by Gasteiger charge is 2.31. The lowest BCUT2D eigenvalue weighted by Crippen LogP contribution is -2.50. The number of aromatic nitrogens is 3. The van der Waals surface area contributed by atoms with Gasteiger partial charge in [-0.15, -0.1) is 10.2 Å². The molecule has 0 saturated heterocycles. The zero-order chi connectivity index (χ0) is 18.9. The standard InChI is InChI=1S/C17H27N5O3S/c1-4-7-8-9-22-11-18-21-17(22)26-10-13-14(15(23)25-6-3)12(5-2)19-16(24)20-13/h11-12H,4-10H2,1-3H3,(H2,19,20,24)/t12-/m0/s1. The van der Waals surface area contributed by atoms with E-state index in [-0.39, 0.29) is 12.1 Å². The molecule has 2 N–H and O–H groups in total. The average Bonchev–Trinajstić information content (AvgIpc) is 3.07. The monoisotopic (exact) mass is 381 g/mol. The van der Waals surface area contributed by atoms with Crippen LogP contribution in [0.15, 0.2) is 22.8 Å². The van der Waals surface area contributed by atoms with Gasteiger partial charge in [0.05, 0.1) is 18.2 Å². The number of ether oxygens (including phenoxy) is 1. The van der Waals surface area contributed by atoms with Crippen LogP contribution in [0.5, 0.6) is 0 Å². The number of nitrogens with one attached hydrogen (secondary N) is 2. The predicted octanol–water partition coefficient (Wildman–Crippen LogP) is 2.47. The number of urea groups is 1. The van der Waals surface area contributed by atoms with Gasteiger partial charge in [-0.2, -0.15) is 0 Å². The molecular formula is C17H27N5O3S.